The standard InChI is InChI=1S/C18H19N3O5S2/c1-2-13(22)10-3-5-11(6-4-10)21-12(15(23)20-17(21)26)7-8-27-18-19-9-14(28-18)16(24)25/h3-6,9,12-13,22H,2,7-8H2,1H3,(H,24,25)(H,20,23,26). The molecule has 2 heterocycles. The van der Waals surface area contributed by atoms with E-state index in [0.29, 0.717) is 28.6 Å². The molecular weight excluding hydrogens is 402 g/mol. The van der Waals surface area contributed by atoms with Gasteiger partial charge in [0.1, 0.15) is 10.9 Å². The van der Waals surface area contributed by atoms with Crippen LogP contribution in [0.25, 0.3) is 0 Å². The number of thiazole rings is 1. The number of carboxylic acid groups (broad SMARTS) is 1. The Balaban J connectivity index is 1.67. The number of hydrogen-bond donors (Lipinski definition) is 3. The summed E-state index contributed by atoms with van der Waals surface area (Å²) in [6.45, 7) is 1.88. The minimum absolute atomic E-state index is 0.160. The Morgan fingerprint density at radius 2 is 2.07 bits per heavy atom. The summed E-state index contributed by atoms with van der Waals surface area (Å²) in [6.07, 6.45) is 1.72. The van der Waals surface area contributed by atoms with Crippen molar-refractivity contribution in [3.05, 3.63) is 40.9 Å². The first-order chi connectivity index (χ1) is 13.4. The maximum Gasteiger partial charge on any atom is 0.347 e. The molecule has 10 heteroatoms. The van der Waals surface area contributed by atoms with Gasteiger partial charge < -0.3 is 10.2 Å². The summed E-state index contributed by atoms with van der Waals surface area (Å²) >= 11 is 2.42. The molecule has 0 spiro atoms. The van der Waals surface area contributed by atoms with Crippen LogP contribution in [0.3, 0.4) is 0 Å². The molecular formula is C18H19N3O5S2. The van der Waals surface area contributed by atoms with Crippen molar-refractivity contribution in [1.29, 1.82) is 0 Å². The lowest BCUT2D eigenvalue weighted by molar-refractivity contribution is -0.119. The van der Waals surface area contributed by atoms with Crippen LogP contribution in [0.15, 0.2) is 34.8 Å². The van der Waals surface area contributed by atoms with E-state index in [2.05, 4.69) is 10.3 Å². The number of benzene rings is 1. The summed E-state index contributed by atoms with van der Waals surface area (Å²) in [4.78, 5) is 41.0. The van der Waals surface area contributed by atoms with Crippen LogP contribution >= 0.6 is 23.1 Å². The highest BCUT2D eigenvalue weighted by Crippen LogP contribution is 2.29. The van der Waals surface area contributed by atoms with E-state index in [0.717, 1.165) is 16.9 Å². The smallest absolute Gasteiger partial charge is 0.347 e. The molecule has 1 aromatic carbocycles. The van der Waals surface area contributed by atoms with Crippen molar-refractivity contribution in [3.8, 4) is 0 Å². The Morgan fingerprint density at radius 3 is 2.68 bits per heavy atom. The normalized spacial score (nSPS) is 17.6. The summed E-state index contributed by atoms with van der Waals surface area (Å²) in [5.74, 6) is -0.886. The van der Waals surface area contributed by atoms with Gasteiger partial charge in [-0.15, -0.1) is 11.3 Å². The lowest BCUT2D eigenvalue weighted by Gasteiger charge is -2.22. The average molecular weight is 422 g/mol. The van der Waals surface area contributed by atoms with Gasteiger partial charge in [-0.2, -0.15) is 0 Å². The van der Waals surface area contributed by atoms with Crippen LogP contribution in [0.5, 0.6) is 0 Å². The molecule has 0 bridgehead atoms. The molecule has 1 aromatic heterocycles. The average Bonchev–Trinajstić information content (AvgIpc) is 3.26. The monoisotopic (exact) mass is 421 g/mol. The van der Waals surface area contributed by atoms with Gasteiger partial charge in [0.2, 0.25) is 0 Å². The zero-order valence-corrected chi connectivity index (χ0v) is 16.6. The number of imide groups is 1. The third-order valence-electron chi connectivity index (χ3n) is 4.32. The molecule has 28 heavy (non-hydrogen) atoms. The second kappa shape index (κ2) is 8.72. The van der Waals surface area contributed by atoms with Crippen molar-refractivity contribution in [2.75, 3.05) is 10.7 Å². The van der Waals surface area contributed by atoms with Gasteiger partial charge in [-0.05, 0) is 30.5 Å². The lowest BCUT2D eigenvalue weighted by atomic mass is 10.1. The summed E-state index contributed by atoms with van der Waals surface area (Å²) in [6, 6.07) is 5.79. The van der Waals surface area contributed by atoms with Crippen LogP contribution < -0.4 is 10.2 Å². The zero-order valence-electron chi connectivity index (χ0n) is 15.0. The van der Waals surface area contributed by atoms with E-state index in [9.17, 15) is 19.5 Å². The Labute approximate surface area is 169 Å². The molecule has 3 amide bonds. The number of hydrogen-bond acceptors (Lipinski definition) is 7. The molecule has 3 N–H and O–H groups in total. The number of aromatic nitrogens is 1. The minimum atomic E-state index is -1.02. The number of aromatic carboxylic acids is 1. The minimum Gasteiger partial charge on any atom is -0.477 e. The molecule has 0 radical (unpaired) electrons. The van der Waals surface area contributed by atoms with E-state index < -0.39 is 24.1 Å². The number of aliphatic hydroxyl groups is 1. The SMILES string of the molecule is CCC(O)c1ccc(N2C(=O)NC(=O)C2CCSc2ncc(C(=O)O)s2)cc1. The van der Waals surface area contributed by atoms with E-state index in [-0.39, 0.29) is 10.8 Å². The highest BCUT2D eigenvalue weighted by atomic mass is 32.2. The maximum atomic E-state index is 12.2. The largest absolute Gasteiger partial charge is 0.477 e. The Kier molecular flexibility index (Phi) is 6.32. The van der Waals surface area contributed by atoms with E-state index in [4.69, 9.17) is 5.11 Å². The van der Waals surface area contributed by atoms with Crippen molar-refractivity contribution >= 4 is 46.7 Å². The highest BCUT2D eigenvalue weighted by molar-refractivity contribution is 8.01. The van der Waals surface area contributed by atoms with Gasteiger partial charge >= 0.3 is 12.0 Å². The van der Waals surface area contributed by atoms with Crippen LogP contribution in [-0.2, 0) is 4.79 Å². The topological polar surface area (TPSA) is 120 Å². The number of rotatable bonds is 8. The number of nitrogens with one attached hydrogen (secondary N) is 1. The second-order valence-electron chi connectivity index (χ2n) is 6.13. The van der Waals surface area contributed by atoms with Gasteiger partial charge in [-0.25, -0.2) is 14.6 Å². The molecule has 2 atom stereocenters. The van der Waals surface area contributed by atoms with Crippen molar-refractivity contribution in [1.82, 2.24) is 10.3 Å². The highest BCUT2D eigenvalue weighted by Gasteiger charge is 2.39. The summed E-state index contributed by atoms with van der Waals surface area (Å²) in [5.41, 5.74) is 1.33. The number of carboxylic acids is 1. The van der Waals surface area contributed by atoms with Gasteiger partial charge in [0, 0.05) is 11.4 Å². The number of carbonyl (C=O) groups is 3. The van der Waals surface area contributed by atoms with Crippen molar-refractivity contribution in [3.63, 3.8) is 0 Å². The summed E-state index contributed by atoms with van der Waals surface area (Å²) < 4.78 is 0.603. The lowest BCUT2D eigenvalue weighted by Crippen LogP contribution is -2.35. The van der Waals surface area contributed by atoms with Gasteiger partial charge in [0.15, 0.2) is 4.34 Å². The van der Waals surface area contributed by atoms with Crippen LogP contribution in [-0.4, -0.2) is 44.9 Å². The number of aliphatic hydroxyl groups excluding tert-OH is 1. The Morgan fingerprint density at radius 1 is 1.36 bits per heavy atom. The van der Waals surface area contributed by atoms with E-state index in [1.54, 1.807) is 24.3 Å². The Bertz CT molecular complexity index is 884. The predicted molar refractivity (Wildman–Crippen MR) is 106 cm³/mol. The fourth-order valence-corrected chi connectivity index (χ4v) is 4.72. The third-order valence-corrected chi connectivity index (χ3v) is 6.49. The maximum absolute atomic E-state index is 12.2. The molecule has 8 nitrogen and oxygen atoms in total. The molecule has 0 aliphatic carbocycles. The number of carbonyl (C=O) groups excluding carboxylic acids is 2. The first-order valence-electron chi connectivity index (χ1n) is 8.64. The van der Waals surface area contributed by atoms with Crippen molar-refractivity contribution in [2.45, 2.75) is 36.3 Å². The van der Waals surface area contributed by atoms with Gasteiger partial charge in [-0.1, -0.05) is 30.8 Å². The molecule has 2 unspecified atom stereocenters. The van der Waals surface area contributed by atoms with Crippen LogP contribution in [0.4, 0.5) is 10.5 Å². The summed E-state index contributed by atoms with van der Waals surface area (Å²) in [5, 5.41) is 21.2. The molecule has 1 aliphatic rings. The second-order valence-corrected chi connectivity index (χ2v) is 8.50. The van der Waals surface area contributed by atoms with Gasteiger partial charge in [0.25, 0.3) is 5.91 Å². The molecule has 2 aromatic rings. The molecule has 148 valence electrons. The number of nitrogens with zero attached hydrogens (tertiary/aromatic N) is 2. The van der Waals surface area contributed by atoms with E-state index in [1.165, 1.54) is 22.9 Å². The van der Waals surface area contributed by atoms with Gasteiger partial charge in [0.05, 0.1) is 12.3 Å². The van der Waals surface area contributed by atoms with Crippen LogP contribution in [0.1, 0.15) is 41.1 Å². The van der Waals surface area contributed by atoms with Gasteiger partial charge in [-0.3, -0.25) is 15.0 Å². The quantitative estimate of drug-likeness (QED) is 0.443. The first-order valence-corrected chi connectivity index (χ1v) is 10.4. The predicted octanol–water partition coefficient (Wildman–Crippen LogP) is 2.89. The van der Waals surface area contributed by atoms with Crippen molar-refractivity contribution in [2.24, 2.45) is 0 Å². The molecule has 0 saturated carbocycles. The van der Waals surface area contributed by atoms with Crippen LogP contribution in [0, 0.1) is 0 Å². The molecule has 1 aliphatic heterocycles. The number of thioether (sulfide) groups is 1. The Hall–Kier alpha value is -2.43. The van der Waals surface area contributed by atoms with E-state index >= 15 is 0 Å². The zero-order chi connectivity index (χ0) is 20.3. The molecule has 3 rings (SSSR count). The first kappa shape index (κ1) is 20.3. The van der Waals surface area contributed by atoms with Crippen molar-refractivity contribution < 1.29 is 24.6 Å². The number of anilines is 1. The molecule has 1 saturated heterocycles. The fraction of sp³-hybridized carbons (Fsp3) is 0.333. The third kappa shape index (κ3) is 4.34. The number of urea groups is 1. The van der Waals surface area contributed by atoms with Crippen LogP contribution in [0.2, 0.25) is 0 Å². The fourth-order valence-electron chi connectivity index (χ4n) is 2.84. The van der Waals surface area contributed by atoms with E-state index in [1.807, 2.05) is 6.92 Å². The summed E-state index contributed by atoms with van der Waals surface area (Å²) in [7, 11) is 0. The molecule has 1 fully saturated rings. The number of amides is 3.